The summed E-state index contributed by atoms with van der Waals surface area (Å²) in [5.74, 6) is 0.420. The Morgan fingerprint density at radius 1 is 1.50 bits per heavy atom. The van der Waals surface area contributed by atoms with Gasteiger partial charge in [-0.2, -0.15) is 0 Å². The summed E-state index contributed by atoms with van der Waals surface area (Å²) in [6.45, 7) is 6.60. The summed E-state index contributed by atoms with van der Waals surface area (Å²) in [6, 6.07) is 0. The Hall–Kier alpha value is -0.960. The first-order valence-electron chi connectivity index (χ1n) is 4.17. The van der Waals surface area contributed by atoms with Crippen molar-refractivity contribution < 1.29 is 0 Å². The molecule has 0 fully saturated rings. The lowest BCUT2D eigenvalue weighted by Gasteiger charge is -2.07. The van der Waals surface area contributed by atoms with E-state index in [1.807, 2.05) is 13.1 Å². The molecule has 3 nitrogen and oxygen atoms in total. The summed E-state index contributed by atoms with van der Waals surface area (Å²) in [7, 11) is 0. The second kappa shape index (κ2) is 3.63. The van der Waals surface area contributed by atoms with Crippen molar-refractivity contribution >= 4 is 0 Å². The van der Waals surface area contributed by atoms with Crippen LogP contribution in [0.15, 0.2) is 6.20 Å². The third-order valence-electron chi connectivity index (χ3n) is 1.86. The molecule has 2 N–H and O–H groups in total. The number of nitrogens with two attached hydrogens (primary N) is 1. The molecule has 0 bridgehead atoms. The molecule has 0 aliphatic carbocycles. The predicted molar refractivity (Wildman–Crippen MR) is 48.7 cm³/mol. The first kappa shape index (κ1) is 9.13. The van der Waals surface area contributed by atoms with Crippen LogP contribution < -0.4 is 5.73 Å². The summed E-state index contributed by atoms with van der Waals surface area (Å²) in [4.78, 5) is 8.63. The highest BCUT2D eigenvalue weighted by Crippen LogP contribution is 2.11. The van der Waals surface area contributed by atoms with Crippen LogP contribution in [0.1, 0.15) is 36.8 Å². The van der Waals surface area contributed by atoms with Gasteiger partial charge in [-0.25, -0.2) is 0 Å². The summed E-state index contributed by atoms with van der Waals surface area (Å²) in [6.07, 6.45) is 1.82. The zero-order chi connectivity index (χ0) is 9.14. The fourth-order valence-corrected chi connectivity index (χ4v) is 0.975. The van der Waals surface area contributed by atoms with Gasteiger partial charge in [-0.1, -0.05) is 13.8 Å². The molecule has 0 unspecified atom stereocenters. The largest absolute Gasteiger partial charge is 0.325 e. The van der Waals surface area contributed by atoms with Crippen molar-refractivity contribution in [1.29, 1.82) is 0 Å². The van der Waals surface area contributed by atoms with Crippen molar-refractivity contribution in [1.82, 2.24) is 9.97 Å². The lowest BCUT2D eigenvalue weighted by Crippen LogP contribution is -2.07. The third kappa shape index (κ3) is 1.80. The molecular weight excluding hydrogens is 150 g/mol. The van der Waals surface area contributed by atoms with Gasteiger partial charge < -0.3 is 5.73 Å². The molecule has 0 saturated carbocycles. The molecule has 0 radical (unpaired) electrons. The molecule has 0 aromatic carbocycles. The van der Waals surface area contributed by atoms with Gasteiger partial charge in [-0.3, -0.25) is 9.97 Å². The van der Waals surface area contributed by atoms with Crippen molar-refractivity contribution in [3.8, 4) is 0 Å². The van der Waals surface area contributed by atoms with Crippen molar-refractivity contribution in [2.24, 2.45) is 5.73 Å². The number of aryl methyl sites for hydroxylation is 1. The van der Waals surface area contributed by atoms with Gasteiger partial charge in [0.25, 0.3) is 0 Å². The molecule has 0 aliphatic heterocycles. The molecule has 12 heavy (non-hydrogen) atoms. The smallest absolute Gasteiger partial charge is 0.0754 e. The highest BCUT2D eigenvalue weighted by Gasteiger charge is 2.04. The Labute approximate surface area is 73.0 Å². The van der Waals surface area contributed by atoms with E-state index in [1.54, 1.807) is 0 Å². The van der Waals surface area contributed by atoms with Crippen molar-refractivity contribution in [2.75, 3.05) is 0 Å². The van der Waals surface area contributed by atoms with Gasteiger partial charge in [0.05, 0.1) is 17.1 Å². The van der Waals surface area contributed by atoms with Crippen LogP contribution in [0.25, 0.3) is 0 Å². The van der Waals surface area contributed by atoms with Crippen molar-refractivity contribution in [3.05, 3.63) is 23.3 Å². The van der Waals surface area contributed by atoms with Crippen molar-refractivity contribution in [2.45, 2.75) is 33.2 Å². The molecule has 1 rings (SSSR count). The van der Waals surface area contributed by atoms with E-state index in [0.29, 0.717) is 12.5 Å². The molecule has 1 aromatic rings. The molecule has 1 aromatic heterocycles. The minimum absolute atomic E-state index is 0.420. The SMILES string of the molecule is Cc1ncc(C(C)C)nc1CN. The molecule has 3 heteroatoms. The molecule has 0 amide bonds. The van der Waals surface area contributed by atoms with Gasteiger partial charge in [0.15, 0.2) is 0 Å². The minimum atomic E-state index is 0.420. The van der Waals surface area contributed by atoms with E-state index in [9.17, 15) is 0 Å². The van der Waals surface area contributed by atoms with E-state index in [2.05, 4.69) is 23.8 Å². The maximum absolute atomic E-state index is 5.52. The van der Waals surface area contributed by atoms with Crippen LogP contribution in [-0.4, -0.2) is 9.97 Å². The lowest BCUT2D eigenvalue weighted by atomic mass is 10.1. The van der Waals surface area contributed by atoms with Crippen LogP contribution in [0.2, 0.25) is 0 Å². The van der Waals surface area contributed by atoms with Crippen molar-refractivity contribution in [3.63, 3.8) is 0 Å². The van der Waals surface area contributed by atoms with E-state index < -0.39 is 0 Å². The molecule has 0 saturated heterocycles. The molecule has 66 valence electrons. The van der Waals surface area contributed by atoms with E-state index in [-0.39, 0.29) is 0 Å². The zero-order valence-corrected chi connectivity index (χ0v) is 7.83. The van der Waals surface area contributed by atoms with E-state index in [4.69, 9.17) is 5.73 Å². The summed E-state index contributed by atoms with van der Waals surface area (Å²) in [5, 5.41) is 0. The van der Waals surface area contributed by atoms with E-state index >= 15 is 0 Å². The minimum Gasteiger partial charge on any atom is -0.325 e. The second-order valence-electron chi connectivity index (χ2n) is 3.19. The summed E-state index contributed by atoms with van der Waals surface area (Å²) >= 11 is 0. The van der Waals surface area contributed by atoms with Crippen LogP contribution >= 0.6 is 0 Å². The first-order chi connectivity index (χ1) is 5.65. The van der Waals surface area contributed by atoms with Gasteiger partial charge in [-0.05, 0) is 12.8 Å². The molecule has 1 heterocycles. The van der Waals surface area contributed by atoms with Gasteiger partial charge >= 0.3 is 0 Å². The Morgan fingerprint density at radius 3 is 2.67 bits per heavy atom. The number of hydrogen-bond donors (Lipinski definition) is 1. The molecule has 0 aliphatic rings. The Balaban J connectivity index is 3.05. The number of rotatable bonds is 2. The standard InChI is InChI=1S/C9H15N3/c1-6(2)9-5-11-7(3)8(4-10)12-9/h5-6H,4,10H2,1-3H3. The second-order valence-corrected chi connectivity index (χ2v) is 3.19. The predicted octanol–water partition coefficient (Wildman–Crippen LogP) is 1.37. The van der Waals surface area contributed by atoms with Gasteiger partial charge in [0.1, 0.15) is 0 Å². The van der Waals surface area contributed by atoms with E-state index in [1.165, 1.54) is 0 Å². The quantitative estimate of drug-likeness (QED) is 0.720. The lowest BCUT2D eigenvalue weighted by molar-refractivity contribution is 0.780. The Kier molecular flexibility index (Phi) is 2.76. The van der Waals surface area contributed by atoms with Crippen LogP contribution in [0.4, 0.5) is 0 Å². The Morgan fingerprint density at radius 2 is 2.17 bits per heavy atom. The average molecular weight is 165 g/mol. The fourth-order valence-electron chi connectivity index (χ4n) is 0.975. The molecule has 0 spiro atoms. The highest BCUT2D eigenvalue weighted by atomic mass is 14.8. The highest BCUT2D eigenvalue weighted by molar-refractivity contribution is 5.13. The van der Waals surface area contributed by atoms with E-state index in [0.717, 1.165) is 17.1 Å². The summed E-state index contributed by atoms with van der Waals surface area (Å²) < 4.78 is 0. The fraction of sp³-hybridized carbons (Fsp3) is 0.556. The van der Waals surface area contributed by atoms with Gasteiger partial charge in [0, 0.05) is 12.7 Å². The summed E-state index contributed by atoms with van der Waals surface area (Å²) in [5.41, 5.74) is 8.37. The maximum Gasteiger partial charge on any atom is 0.0754 e. The van der Waals surface area contributed by atoms with Gasteiger partial charge in [0.2, 0.25) is 0 Å². The van der Waals surface area contributed by atoms with Gasteiger partial charge in [-0.15, -0.1) is 0 Å². The monoisotopic (exact) mass is 165 g/mol. The van der Waals surface area contributed by atoms with Crippen LogP contribution in [0, 0.1) is 6.92 Å². The topological polar surface area (TPSA) is 51.8 Å². The average Bonchev–Trinajstić information content (AvgIpc) is 2.05. The van der Waals surface area contributed by atoms with Crippen LogP contribution in [0.3, 0.4) is 0 Å². The zero-order valence-electron chi connectivity index (χ0n) is 7.83. The third-order valence-corrected chi connectivity index (χ3v) is 1.86. The maximum atomic E-state index is 5.52. The normalized spacial score (nSPS) is 10.8. The number of nitrogens with zero attached hydrogens (tertiary/aromatic N) is 2. The molecule has 0 atom stereocenters. The molecular formula is C9H15N3. The number of hydrogen-bond acceptors (Lipinski definition) is 3. The first-order valence-corrected chi connectivity index (χ1v) is 4.17. The number of aromatic nitrogens is 2. The Bertz CT molecular complexity index is 268. The van der Waals surface area contributed by atoms with Crippen LogP contribution in [-0.2, 0) is 6.54 Å². The van der Waals surface area contributed by atoms with Crippen LogP contribution in [0.5, 0.6) is 0 Å².